The maximum absolute atomic E-state index is 3.56. The summed E-state index contributed by atoms with van der Waals surface area (Å²) in [4.78, 5) is 0. The van der Waals surface area contributed by atoms with Gasteiger partial charge < -0.3 is 10.6 Å². The van der Waals surface area contributed by atoms with Gasteiger partial charge in [-0.25, -0.2) is 0 Å². The summed E-state index contributed by atoms with van der Waals surface area (Å²) in [5.74, 6) is 0. The molecule has 0 bridgehead atoms. The molecule has 2 N–H and O–H groups in total. The van der Waals surface area contributed by atoms with Crippen molar-refractivity contribution in [1.29, 1.82) is 0 Å². The van der Waals surface area contributed by atoms with Gasteiger partial charge >= 0.3 is 0 Å². The van der Waals surface area contributed by atoms with E-state index < -0.39 is 0 Å². The van der Waals surface area contributed by atoms with Crippen molar-refractivity contribution in [2.24, 2.45) is 5.41 Å². The van der Waals surface area contributed by atoms with Crippen LogP contribution in [-0.2, 0) is 0 Å². The first-order valence-electron chi connectivity index (χ1n) is 4.87. The van der Waals surface area contributed by atoms with Gasteiger partial charge in [-0.2, -0.15) is 0 Å². The summed E-state index contributed by atoms with van der Waals surface area (Å²) < 4.78 is 0. The molecule has 1 atom stereocenters. The fraction of sp³-hybridized carbons (Fsp3) is 1.00. The van der Waals surface area contributed by atoms with Gasteiger partial charge in [0.25, 0.3) is 0 Å². The van der Waals surface area contributed by atoms with E-state index >= 15 is 0 Å². The van der Waals surface area contributed by atoms with Crippen molar-refractivity contribution in [1.82, 2.24) is 10.6 Å². The van der Waals surface area contributed by atoms with Crippen LogP contribution in [0.3, 0.4) is 0 Å². The van der Waals surface area contributed by atoms with Crippen LogP contribution >= 0.6 is 0 Å². The average molecular weight is 170 g/mol. The first-order chi connectivity index (χ1) is 5.41. The van der Waals surface area contributed by atoms with Crippen LogP contribution in [0.25, 0.3) is 0 Å². The van der Waals surface area contributed by atoms with Gasteiger partial charge in [-0.3, -0.25) is 0 Å². The second-order valence-corrected chi connectivity index (χ2v) is 5.34. The molecule has 72 valence electrons. The molecule has 0 radical (unpaired) electrons. The van der Waals surface area contributed by atoms with E-state index in [4.69, 9.17) is 0 Å². The van der Waals surface area contributed by atoms with E-state index in [1.165, 1.54) is 13.0 Å². The predicted molar refractivity (Wildman–Crippen MR) is 53.3 cm³/mol. The van der Waals surface area contributed by atoms with Crippen molar-refractivity contribution in [2.45, 2.75) is 39.7 Å². The van der Waals surface area contributed by atoms with Gasteiger partial charge in [0.15, 0.2) is 0 Å². The summed E-state index contributed by atoms with van der Waals surface area (Å²) in [6.45, 7) is 12.5. The highest BCUT2D eigenvalue weighted by atomic mass is 15.0. The van der Waals surface area contributed by atoms with Crippen LogP contribution in [0.15, 0.2) is 0 Å². The third kappa shape index (κ3) is 3.11. The highest BCUT2D eigenvalue weighted by molar-refractivity contribution is 4.87. The van der Waals surface area contributed by atoms with E-state index in [1.807, 2.05) is 0 Å². The smallest absolute Gasteiger partial charge is 0.00967 e. The Labute approximate surface area is 76.1 Å². The summed E-state index contributed by atoms with van der Waals surface area (Å²) in [7, 11) is 0. The zero-order chi connectivity index (χ0) is 9.24. The second-order valence-electron chi connectivity index (χ2n) is 5.34. The van der Waals surface area contributed by atoms with Crippen LogP contribution in [0.2, 0.25) is 0 Å². The Hall–Kier alpha value is -0.0800. The van der Waals surface area contributed by atoms with E-state index in [0.717, 1.165) is 13.1 Å². The van der Waals surface area contributed by atoms with E-state index in [-0.39, 0.29) is 5.54 Å². The van der Waals surface area contributed by atoms with Crippen molar-refractivity contribution in [3.8, 4) is 0 Å². The Kier molecular flexibility index (Phi) is 2.79. The van der Waals surface area contributed by atoms with E-state index in [2.05, 4.69) is 38.3 Å². The lowest BCUT2D eigenvalue weighted by atomic mass is 9.89. The predicted octanol–water partition coefficient (Wildman–Crippen LogP) is 1.37. The third-order valence-electron chi connectivity index (χ3n) is 2.50. The molecule has 0 spiro atoms. The van der Waals surface area contributed by atoms with Gasteiger partial charge in [-0.1, -0.05) is 6.92 Å². The Morgan fingerprint density at radius 2 is 2.08 bits per heavy atom. The minimum Gasteiger partial charge on any atom is -0.316 e. The summed E-state index contributed by atoms with van der Waals surface area (Å²) in [5.41, 5.74) is 0.735. The number of nitrogens with one attached hydrogen (secondary N) is 2. The van der Waals surface area contributed by atoms with Gasteiger partial charge in [-0.15, -0.1) is 0 Å². The zero-order valence-electron chi connectivity index (χ0n) is 8.83. The Balaban J connectivity index is 2.30. The summed E-state index contributed by atoms with van der Waals surface area (Å²) in [6, 6.07) is 0. The monoisotopic (exact) mass is 170 g/mol. The molecular formula is C10H22N2. The molecule has 0 aromatic carbocycles. The molecule has 12 heavy (non-hydrogen) atoms. The SMILES string of the molecule is CC1(CNC(C)(C)C)CCNC1. The lowest BCUT2D eigenvalue weighted by Crippen LogP contribution is -2.43. The van der Waals surface area contributed by atoms with Crippen LogP contribution in [0.5, 0.6) is 0 Å². The van der Waals surface area contributed by atoms with Crippen molar-refractivity contribution in [3.63, 3.8) is 0 Å². The minimum absolute atomic E-state index is 0.256. The molecule has 1 rings (SSSR count). The summed E-state index contributed by atoms with van der Waals surface area (Å²) in [5, 5.41) is 6.97. The molecule has 2 heteroatoms. The summed E-state index contributed by atoms with van der Waals surface area (Å²) >= 11 is 0. The fourth-order valence-corrected chi connectivity index (χ4v) is 1.50. The maximum Gasteiger partial charge on any atom is 0.00967 e. The average Bonchev–Trinajstić information content (AvgIpc) is 2.32. The fourth-order valence-electron chi connectivity index (χ4n) is 1.50. The Morgan fingerprint density at radius 1 is 1.42 bits per heavy atom. The van der Waals surface area contributed by atoms with E-state index in [0.29, 0.717) is 5.41 Å². The van der Waals surface area contributed by atoms with Crippen LogP contribution in [0.1, 0.15) is 34.1 Å². The van der Waals surface area contributed by atoms with Gasteiger partial charge in [-0.05, 0) is 39.2 Å². The highest BCUT2D eigenvalue weighted by Gasteiger charge is 2.29. The van der Waals surface area contributed by atoms with E-state index in [9.17, 15) is 0 Å². The Bertz CT molecular complexity index is 140. The van der Waals surface area contributed by atoms with Crippen LogP contribution in [0, 0.1) is 5.41 Å². The molecule has 0 aromatic heterocycles. The van der Waals surface area contributed by atoms with Crippen molar-refractivity contribution >= 4 is 0 Å². The van der Waals surface area contributed by atoms with Gasteiger partial charge in [0.1, 0.15) is 0 Å². The molecule has 1 unspecified atom stereocenters. The molecule has 0 aliphatic carbocycles. The minimum atomic E-state index is 0.256. The molecule has 0 saturated carbocycles. The van der Waals surface area contributed by atoms with Crippen molar-refractivity contribution in [2.75, 3.05) is 19.6 Å². The first kappa shape index (κ1) is 10.0. The van der Waals surface area contributed by atoms with Gasteiger partial charge in [0.2, 0.25) is 0 Å². The molecule has 1 fully saturated rings. The third-order valence-corrected chi connectivity index (χ3v) is 2.50. The first-order valence-corrected chi connectivity index (χ1v) is 4.87. The standard InChI is InChI=1S/C10H22N2/c1-9(2,3)12-8-10(4)5-6-11-7-10/h11-12H,5-8H2,1-4H3. The molecule has 1 aliphatic heterocycles. The summed E-state index contributed by atoms with van der Waals surface area (Å²) in [6.07, 6.45) is 1.30. The maximum atomic E-state index is 3.56. The van der Waals surface area contributed by atoms with Crippen molar-refractivity contribution < 1.29 is 0 Å². The molecule has 1 aliphatic rings. The molecular weight excluding hydrogens is 148 g/mol. The normalized spacial score (nSPS) is 31.0. The van der Waals surface area contributed by atoms with Gasteiger partial charge in [0, 0.05) is 18.6 Å². The Morgan fingerprint density at radius 3 is 2.50 bits per heavy atom. The molecule has 1 saturated heterocycles. The second kappa shape index (κ2) is 3.35. The number of hydrogen-bond donors (Lipinski definition) is 2. The largest absolute Gasteiger partial charge is 0.316 e. The van der Waals surface area contributed by atoms with Crippen molar-refractivity contribution in [3.05, 3.63) is 0 Å². The number of hydrogen-bond acceptors (Lipinski definition) is 2. The quantitative estimate of drug-likeness (QED) is 0.654. The molecule has 1 heterocycles. The molecule has 0 aromatic rings. The van der Waals surface area contributed by atoms with E-state index in [1.54, 1.807) is 0 Å². The number of rotatable bonds is 2. The highest BCUT2D eigenvalue weighted by Crippen LogP contribution is 2.23. The zero-order valence-corrected chi connectivity index (χ0v) is 8.83. The van der Waals surface area contributed by atoms with Crippen LogP contribution in [-0.4, -0.2) is 25.2 Å². The van der Waals surface area contributed by atoms with Gasteiger partial charge in [0.05, 0.1) is 0 Å². The molecule has 0 amide bonds. The lowest BCUT2D eigenvalue weighted by Gasteiger charge is -2.29. The lowest BCUT2D eigenvalue weighted by molar-refractivity contribution is 0.290. The topological polar surface area (TPSA) is 24.1 Å². The molecule has 2 nitrogen and oxygen atoms in total. The van der Waals surface area contributed by atoms with Crippen LogP contribution in [0.4, 0.5) is 0 Å². The van der Waals surface area contributed by atoms with Crippen LogP contribution < -0.4 is 10.6 Å².